The first-order valence-corrected chi connectivity index (χ1v) is 20.0. The number of quaternary nitrogens is 1. The highest BCUT2D eigenvalue weighted by atomic mass is 16.6. The number of carbonyl (C=O) groups excluding carboxylic acids is 3. The number of rotatable bonds is 35. The van der Waals surface area contributed by atoms with Crippen LogP contribution in [0.15, 0.2) is 36.5 Å². The lowest BCUT2D eigenvalue weighted by Gasteiger charge is -2.34. The van der Waals surface area contributed by atoms with E-state index >= 15 is 0 Å². The third kappa shape index (κ3) is 31.5. The third-order valence-electron chi connectivity index (χ3n) is 8.75. The summed E-state index contributed by atoms with van der Waals surface area (Å²) in [6, 6.07) is -0.729. The van der Waals surface area contributed by atoms with Gasteiger partial charge in [0, 0.05) is 19.3 Å². The van der Waals surface area contributed by atoms with E-state index in [1.807, 2.05) is 0 Å². The number of unbranched alkanes of at least 4 members (excludes halogenated alkanes) is 15. The van der Waals surface area contributed by atoms with Crippen molar-refractivity contribution in [2.24, 2.45) is 0 Å². The van der Waals surface area contributed by atoms with Crippen LogP contribution in [0, 0.1) is 0 Å². The summed E-state index contributed by atoms with van der Waals surface area (Å²) in [5.74, 6) is -1.79. The molecule has 0 radical (unpaired) electrons. The molecule has 50 heavy (non-hydrogen) atoms. The fourth-order valence-corrected chi connectivity index (χ4v) is 5.57. The van der Waals surface area contributed by atoms with Crippen molar-refractivity contribution in [3.05, 3.63) is 36.5 Å². The summed E-state index contributed by atoms with van der Waals surface area (Å²) in [5, 5.41) is 11.6. The van der Waals surface area contributed by atoms with E-state index in [0.717, 1.165) is 44.9 Å². The molecular weight excluding hydrogens is 630 g/mol. The van der Waals surface area contributed by atoms with E-state index in [0.29, 0.717) is 12.8 Å². The van der Waals surface area contributed by atoms with Crippen LogP contribution in [0.25, 0.3) is 0 Å². The Hall–Kier alpha value is -2.45. The molecule has 0 bridgehead atoms. The molecule has 0 rings (SSSR count). The third-order valence-corrected chi connectivity index (χ3v) is 8.75. The standard InChI is InChI=1S/C42H75NO7/c1-6-8-10-12-14-16-17-18-19-20-21-22-23-25-26-28-30-32-40(44)49-37-38(36-48-35-34-39(42(46)47)43(3,4)5)50-41(45)33-31-29-27-24-15-13-11-9-7-2/h14,16,18-19,24,27,38-39H,6-13,15,17,20-23,25-26,28-37H2,1-5H3/b16-14+,19-18+,27-24+. The van der Waals surface area contributed by atoms with Crippen LogP contribution in [0.3, 0.4) is 0 Å². The van der Waals surface area contributed by atoms with Crippen LogP contribution in [0.5, 0.6) is 0 Å². The smallest absolute Gasteiger partial charge is 0.306 e. The van der Waals surface area contributed by atoms with Crippen LogP contribution >= 0.6 is 0 Å². The average molecular weight is 706 g/mol. The van der Waals surface area contributed by atoms with Crippen LogP contribution < -0.4 is 5.11 Å². The molecule has 0 spiro atoms. The van der Waals surface area contributed by atoms with Gasteiger partial charge in [-0.25, -0.2) is 0 Å². The fourth-order valence-electron chi connectivity index (χ4n) is 5.57. The number of hydrogen-bond donors (Lipinski definition) is 0. The zero-order chi connectivity index (χ0) is 37.1. The van der Waals surface area contributed by atoms with E-state index in [-0.39, 0.29) is 49.1 Å². The molecule has 0 N–H and O–H groups in total. The molecule has 0 saturated carbocycles. The van der Waals surface area contributed by atoms with Gasteiger partial charge in [-0.3, -0.25) is 9.59 Å². The van der Waals surface area contributed by atoms with E-state index in [9.17, 15) is 19.5 Å². The van der Waals surface area contributed by atoms with Crippen molar-refractivity contribution in [2.75, 3.05) is 41.0 Å². The van der Waals surface area contributed by atoms with E-state index < -0.39 is 18.1 Å². The summed E-state index contributed by atoms with van der Waals surface area (Å²) in [5.41, 5.74) is 0. The predicted octanol–water partition coefficient (Wildman–Crippen LogP) is 8.96. The largest absolute Gasteiger partial charge is 0.544 e. The van der Waals surface area contributed by atoms with E-state index in [1.54, 1.807) is 21.1 Å². The minimum atomic E-state index is -1.13. The van der Waals surface area contributed by atoms with E-state index in [4.69, 9.17) is 14.2 Å². The number of nitrogens with zero attached hydrogens (tertiary/aromatic N) is 1. The van der Waals surface area contributed by atoms with Gasteiger partial charge in [0.1, 0.15) is 12.6 Å². The zero-order valence-corrected chi connectivity index (χ0v) is 32.8. The van der Waals surface area contributed by atoms with E-state index in [1.165, 1.54) is 77.0 Å². The van der Waals surface area contributed by atoms with Crippen molar-refractivity contribution in [1.82, 2.24) is 0 Å². The molecule has 0 heterocycles. The SMILES string of the molecule is CCCCC/C=C/C/C=C/CCCCCCCCCC(=O)OCC(COCCC(C(=O)[O-])[N+](C)(C)C)OC(=O)CCC/C=C/CCCCCC. The second kappa shape index (κ2) is 33.7. The van der Waals surface area contributed by atoms with Crippen molar-refractivity contribution >= 4 is 17.9 Å². The minimum Gasteiger partial charge on any atom is -0.544 e. The number of carboxylic acids is 1. The van der Waals surface area contributed by atoms with Gasteiger partial charge in [0.2, 0.25) is 0 Å². The van der Waals surface area contributed by atoms with Gasteiger partial charge >= 0.3 is 11.9 Å². The van der Waals surface area contributed by atoms with Crippen LogP contribution in [-0.4, -0.2) is 75.5 Å². The minimum absolute atomic E-state index is 0.0273. The maximum absolute atomic E-state index is 12.6. The number of aliphatic carboxylic acids is 1. The Bertz CT molecular complexity index is 922. The number of carbonyl (C=O) groups is 3. The van der Waals surface area contributed by atoms with Gasteiger partial charge in [0.15, 0.2) is 6.10 Å². The number of likely N-dealkylation sites (N-methyl/N-ethyl adjacent to an activating group) is 1. The first-order valence-electron chi connectivity index (χ1n) is 20.0. The first kappa shape index (κ1) is 47.5. The Kier molecular flexibility index (Phi) is 32.0. The topological polar surface area (TPSA) is 102 Å². The molecule has 0 amide bonds. The molecule has 290 valence electrons. The highest BCUT2D eigenvalue weighted by Gasteiger charge is 2.25. The van der Waals surface area contributed by atoms with Crippen molar-refractivity contribution < 1.29 is 38.2 Å². The monoisotopic (exact) mass is 706 g/mol. The quantitative estimate of drug-likeness (QED) is 0.0281. The van der Waals surface area contributed by atoms with Gasteiger partial charge in [-0.1, -0.05) is 115 Å². The maximum atomic E-state index is 12.6. The second-order valence-electron chi connectivity index (χ2n) is 14.5. The second-order valence-corrected chi connectivity index (χ2v) is 14.5. The molecule has 0 aliphatic rings. The molecule has 8 heteroatoms. The van der Waals surface area contributed by atoms with Crippen LogP contribution in [0.2, 0.25) is 0 Å². The Morgan fingerprint density at radius 1 is 0.600 bits per heavy atom. The summed E-state index contributed by atoms with van der Waals surface area (Å²) < 4.78 is 17.0. The summed E-state index contributed by atoms with van der Waals surface area (Å²) in [7, 11) is 5.38. The van der Waals surface area contributed by atoms with Gasteiger partial charge in [-0.2, -0.15) is 0 Å². The lowest BCUT2D eigenvalue weighted by Crippen LogP contribution is -2.55. The maximum Gasteiger partial charge on any atom is 0.306 e. The number of allylic oxidation sites excluding steroid dienone is 6. The molecule has 2 atom stereocenters. The van der Waals surface area contributed by atoms with Gasteiger partial charge < -0.3 is 28.6 Å². The molecule has 0 aliphatic carbocycles. The van der Waals surface area contributed by atoms with Crippen molar-refractivity contribution in [3.63, 3.8) is 0 Å². The molecule has 0 aliphatic heterocycles. The van der Waals surface area contributed by atoms with Crippen molar-refractivity contribution in [2.45, 2.75) is 174 Å². The molecule has 0 aromatic rings. The molecule has 0 aromatic heterocycles. The first-order chi connectivity index (χ1) is 24.1. The molecule has 0 aromatic carbocycles. The molecular formula is C42H75NO7. The Morgan fingerprint density at radius 2 is 1.08 bits per heavy atom. The van der Waals surface area contributed by atoms with Crippen LogP contribution in [0.4, 0.5) is 0 Å². The Morgan fingerprint density at radius 3 is 1.66 bits per heavy atom. The number of esters is 2. The number of carboxylic acid groups (broad SMARTS) is 1. The van der Waals surface area contributed by atoms with Crippen molar-refractivity contribution in [3.8, 4) is 0 Å². The highest BCUT2D eigenvalue weighted by molar-refractivity contribution is 5.70. The van der Waals surface area contributed by atoms with Gasteiger partial charge in [0.05, 0.1) is 40.3 Å². The Labute approximate surface area is 306 Å². The molecule has 8 nitrogen and oxygen atoms in total. The zero-order valence-electron chi connectivity index (χ0n) is 32.8. The summed E-state index contributed by atoms with van der Waals surface area (Å²) in [6.07, 6.45) is 36.1. The molecule has 0 saturated heterocycles. The highest BCUT2D eigenvalue weighted by Crippen LogP contribution is 2.12. The lowest BCUT2D eigenvalue weighted by molar-refractivity contribution is -0.889. The van der Waals surface area contributed by atoms with E-state index in [2.05, 4.69) is 50.3 Å². The fraction of sp³-hybridized carbons (Fsp3) is 0.786. The summed E-state index contributed by atoms with van der Waals surface area (Å²) in [4.78, 5) is 36.6. The lowest BCUT2D eigenvalue weighted by atomic mass is 10.1. The normalized spacial score (nSPS) is 13.4. The number of hydrogen-bond acceptors (Lipinski definition) is 7. The van der Waals surface area contributed by atoms with Gasteiger partial charge in [-0.05, 0) is 64.2 Å². The van der Waals surface area contributed by atoms with Gasteiger partial charge in [-0.15, -0.1) is 0 Å². The summed E-state index contributed by atoms with van der Waals surface area (Å²) >= 11 is 0. The van der Waals surface area contributed by atoms with Gasteiger partial charge in [0.25, 0.3) is 0 Å². The van der Waals surface area contributed by atoms with Crippen LogP contribution in [0.1, 0.15) is 162 Å². The summed E-state index contributed by atoms with van der Waals surface area (Å²) in [6.45, 7) is 4.55. The molecule has 0 fully saturated rings. The average Bonchev–Trinajstić information content (AvgIpc) is 3.06. The number of ether oxygens (including phenoxy) is 3. The Balaban J connectivity index is 4.36. The van der Waals surface area contributed by atoms with Crippen molar-refractivity contribution in [1.29, 1.82) is 0 Å². The molecule has 2 unspecified atom stereocenters. The predicted molar refractivity (Wildman–Crippen MR) is 203 cm³/mol. The van der Waals surface area contributed by atoms with Crippen LogP contribution in [-0.2, 0) is 28.6 Å².